The number of benzene rings is 2. The molecule has 2 aromatic carbocycles. The molecule has 128 valence electrons. The topological polar surface area (TPSA) is 103 Å². The van der Waals surface area contributed by atoms with Gasteiger partial charge in [0.05, 0.1) is 22.7 Å². The Bertz CT molecular complexity index is 1020. The number of hydrogen-bond donors (Lipinski definition) is 2. The summed E-state index contributed by atoms with van der Waals surface area (Å²) in [5.41, 5.74) is 1.77. The first-order valence-electron chi connectivity index (χ1n) is 7.95. The number of rotatable bonds is 5. The number of pyridine rings is 1. The van der Waals surface area contributed by atoms with Crippen LogP contribution >= 0.6 is 0 Å². The highest BCUT2D eigenvalue weighted by atomic mass is 16.4. The second-order valence-corrected chi connectivity index (χ2v) is 5.72. The van der Waals surface area contributed by atoms with Crippen molar-refractivity contribution in [2.75, 3.05) is 0 Å². The van der Waals surface area contributed by atoms with Crippen LogP contribution in [0.2, 0.25) is 0 Å². The Labute approximate surface area is 149 Å². The molecule has 6 nitrogen and oxygen atoms in total. The van der Waals surface area contributed by atoms with Crippen LogP contribution in [0.5, 0.6) is 0 Å². The van der Waals surface area contributed by atoms with Crippen molar-refractivity contribution in [3.05, 3.63) is 77.5 Å². The molecule has 2 N–H and O–H groups in total. The van der Waals surface area contributed by atoms with Crippen LogP contribution in [-0.4, -0.2) is 28.0 Å². The van der Waals surface area contributed by atoms with Crippen molar-refractivity contribution in [1.82, 2.24) is 10.3 Å². The summed E-state index contributed by atoms with van der Waals surface area (Å²) in [6.45, 7) is 0. The van der Waals surface area contributed by atoms with Gasteiger partial charge in [-0.05, 0) is 23.8 Å². The summed E-state index contributed by atoms with van der Waals surface area (Å²) in [6, 6.07) is 16.4. The van der Waals surface area contributed by atoms with Crippen molar-refractivity contribution in [1.29, 1.82) is 5.26 Å². The first kappa shape index (κ1) is 17.1. The Balaban J connectivity index is 1.87. The first-order valence-corrected chi connectivity index (χ1v) is 7.95. The Morgan fingerprint density at radius 1 is 1.12 bits per heavy atom. The number of fused-ring (bicyclic) bond motifs is 1. The molecule has 1 amide bonds. The van der Waals surface area contributed by atoms with Crippen LogP contribution in [0.3, 0.4) is 0 Å². The molecule has 6 heteroatoms. The van der Waals surface area contributed by atoms with E-state index in [2.05, 4.69) is 10.3 Å². The molecule has 0 aliphatic carbocycles. The number of aliphatic carboxylic acids is 1. The number of nitrogens with zero attached hydrogens (tertiary/aromatic N) is 2. The molecule has 3 rings (SSSR count). The van der Waals surface area contributed by atoms with Gasteiger partial charge in [-0.25, -0.2) is 4.79 Å². The van der Waals surface area contributed by atoms with Crippen molar-refractivity contribution in [3.63, 3.8) is 0 Å². The van der Waals surface area contributed by atoms with E-state index in [1.165, 1.54) is 0 Å². The van der Waals surface area contributed by atoms with Crippen molar-refractivity contribution in [2.45, 2.75) is 12.5 Å². The van der Waals surface area contributed by atoms with E-state index in [9.17, 15) is 14.7 Å². The maximum Gasteiger partial charge on any atom is 0.326 e. The minimum atomic E-state index is -1.17. The lowest BCUT2D eigenvalue weighted by Gasteiger charge is -2.16. The molecular formula is C20H15N3O3. The van der Waals surface area contributed by atoms with Gasteiger partial charge in [-0.15, -0.1) is 0 Å². The zero-order chi connectivity index (χ0) is 18.5. The molecule has 1 heterocycles. The van der Waals surface area contributed by atoms with Gasteiger partial charge in [-0.1, -0.05) is 36.4 Å². The highest BCUT2D eigenvalue weighted by molar-refractivity contribution is 6.06. The Kier molecular flexibility index (Phi) is 4.90. The van der Waals surface area contributed by atoms with Crippen LogP contribution in [0.4, 0.5) is 0 Å². The van der Waals surface area contributed by atoms with Gasteiger partial charge in [-0.3, -0.25) is 9.78 Å². The molecule has 0 spiro atoms. The van der Waals surface area contributed by atoms with E-state index in [0.29, 0.717) is 22.2 Å². The number of carbonyl (C=O) groups excluding carboxylic acids is 1. The molecule has 1 atom stereocenters. The quantitative estimate of drug-likeness (QED) is 0.739. The zero-order valence-electron chi connectivity index (χ0n) is 13.7. The van der Waals surface area contributed by atoms with Gasteiger partial charge in [0.25, 0.3) is 5.91 Å². The number of para-hydroxylation sites is 1. The van der Waals surface area contributed by atoms with Gasteiger partial charge in [-0.2, -0.15) is 5.26 Å². The Morgan fingerprint density at radius 3 is 2.65 bits per heavy atom. The first-order chi connectivity index (χ1) is 12.6. The van der Waals surface area contributed by atoms with Gasteiger partial charge >= 0.3 is 5.97 Å². The Hall–Kier alpha value is -3.72. The Morgan fingerprint density at radius 2 is 1.88 bits per heavy atom. The summed E-state index contributed by atoms with van der Waals surface area (Å²) < 4.78 is 0. The third-order valence-corrected chi connectivity index (χ3v) is 4.04. The molecule has 0 aliphatic heterocycles. The summed E-state index contributed by atoms with van der Waals surface area (Å²) in [5, 5.41) is 22.0. The van der Waals surface area contributed by atoms with Gasteiger partial charge in [0.1, 0.15) is 6.04 Å². The van der Waals surface area contributed by atoms with E-state index in [1.54, 1.807) is 48.7 Å². The number of amides is 1. The molecular weight excluding hydrogens is 330 g/mol. The normalized spacial score (nSPS) is 11.5. The monoisotopic (exact) mass is 345 g/mol. The third kappa shape index (κ3) is 3.52. The van der Waals surface area contributed by atoms with E-state index in [1.807, 2.05) is 18.2 Å². The number of carbonyl (C=O) groups is 2. The van der Waals surface area contributed by atoms with Crippen LogP contribution in [0, 0.1) is 11.3 Å². The van der Waals surface area contributed by atoms with Crippen molar-refractivity contribution in [2.24, 2.45) is 0 Å². The number of carboxylic acid groups (broad SMARTS) is 1. The lowest BCUT2D eigenvalue weighted by molar-refractivity contribution is -0.139. The molecule has 0 saturated heterocycles. The van der Waals surface area contributed by atoms with E-state index in [0.717, 1.165) is 5.39 Å². The lowest BCUT2D eigenvalue weighted by Crippen LogP contribution is -2.42. The second-order valence-electron chi connectivity index (χ2n) is 5.72. The third-order valence-electron chi connectivity index (χ3n) is 4.04. The van der Waals surface area contributed by atoms with Gasteiger partial charge < -0.3 is 10.4 Å². The molecule has 0 fully saturated rings. The molecule has 3 aromatic rings. The molecule has 0 aliphatic rings. The lowest BCUT2D eigenvalue weighted by atomic mass is 10.0. The van der Waals surface area contributed by atoms with E-state index in [4.69, 9.17) is 5.26 Å². The van der Waals surface area contributed by atoms with Gasteiger partial charge in [0.15, 0.2) is 0 Å². The molecule has 0 unspecified atom stereocenters. The maximum absolute atomic E-state index is 12.6. The van der Waals surface area contributed by atoms with E-state index >= 15 is 0 Å². The SMILES string of the molecule is N#Cc1ccccc1C[C@@H](NC(=O)c1cccc2cccnc12)C(=O)O. The number of nitrogens with one attached hydrogen (secondary N) is 1. The molecule has 0 bridgehead atoms. The zero-order valence-corrected chi connectivity index (χ0v) is 13.7. The number of aromatic nitrogens is 1. The maximum atomic E-state index is 12.6. The summed E-state index contributed by atoms with van der Waals surface area (Å²) in [5.74, 6) is -1.68. The summed E-state index contributed by atoms with van der Waals surface area (Å²) in [6.07, 6.45) is 1.60. The van der Waals surface area contributed by atoms with Crippen LogP contribution < -0.4 is 5.32 Å². The minimum Gasteiger partial charge on any atom is -0.480 e. The van der Waals surface area contributed by atoms with Crippen molar-refractivity contribution in [3.8, 4) is 6.07 Å². The molecule has 1 aromatic heterocycles. The molecule has 0 radical (unpaired) electrons. The summed E-state index contributed by atoms with van der Waals surface area (Å²) >= 11 is 0. The van der Waals surface area contributed by atoms with Gasteiger partial charge in [0, 0.05) is 18.0 Å². The predicted molar refractivity (Wildman–Crippen MR) is 95.5 cm³/mol. The fourth-order valence-corrected chi connectivity index (χ4v) is 2.75. The number of carboxylic acids is 1. The average molecular weight is 345 g/mol. The predicted octanol–water partition coefficient (Wildman–Crippen LogP) is 2.53. The van der Waals surface area contributed by atoms with Crippen molar-refractivity contribution < 1.29 is 14.7 Å². The fourth-order valence-electron chi connectivity index (χ4n) is 2.75. The smallest absolute Gasteiger partial charge is 0.326 e. The largest absolute Gasteiger partial charge is 0.480 e. The highest BCUT2D eigenvalue weighted by Crippen LogP contribution is 2.16. The highest BCUT2D eigenvalue weighted by Gasteiger charge is 2.23. The fraction of sp³-hybridized carbons (Fsp3) is 0.100. The van der Waals surface area contributed by atoms with Gasteiger partial charge in [0.2, 0.25) is 0 Å². The standard InChI is InChI=1S/C20H15N3O3/c21-12-15-6-2-1-5-14(15)11-17(20(25)26)23-19(24)16-9-3-7-13-8-4-10-22-18(13)16/h1-10,17H,11H2,(H,23,24)(H,25,26)/t17-/m1/s1. The number of hydrogen-bond acceptors (Lipinski definition) is 4. The average Bonchev–Trinajstić information content (AvgIpc) is 2.67. The van der Waals surface area contributed by atoms with E-state index < -0.39 is 17.9 Å². The van der Waals surface area contributed by atoms with E-state index in [-0.39, 0.29) is 6.42 Å². The summed E-state index contributed by atoms with van der Waals surface area (Å²) in [4.78, 5) is 28.5. The summed E-state index contributed by atoms with van der Waals surface area (Å²) in [7, 11) is 0. The molecule has 26 heavy (non-hydrogen) atoms. The number of nitriles is 1. The minimum absolute atomic E-state index is 0.0169. The van der Waals surface area contributed by atoms with Crippen LogP contribution in [0.1, 0.15) is 21.5 Å². The van der Waals surface area contributed by atoms with Crippen LogP contribution in [-0.2, 0) is 11.2 Å². The van der Waals surface area contributed by atoms with Crippen molar-refractivity contribution >= 4 is 22.8 Å². The van der Waals surface area contributed by atoms with Crippen LogP contribution in [0.15, 0.2) is 60.8 Å². The second kappa shape index (κ2) is 7.45. The molecule has 0 saturated carbocycles. The van der Waals surface area contributed by atoms with Crippen LogP contribution in [0.25, 0.3) is 10.9 Å².